The molecule has 0 spiro atoms. The Kier molecular flexibility index (Phi) is 3.41. The van der Waals surface area contributed by atoms with Gasteiger partial charge in [0.1, 0.15) is 5.75 Å². The van der Waals surface area contributed by atoms with Crippen LogP contribution in [0.1, 0.15) is 38.7 Å². The summed E-state index contributed by atoms with van der Waals surface area (Å²) in [6.45, 7) is 6.83. The highest BCUT2D eigenvalue weighted by atomic mass is 16.5. The Bertz CT molecular complexity index is 499. The topological polar surface area (TPSA) is 25.0 Å². The van der Waals surface area contributed by atoms with Crippen molar-refractivity contribution in [3.05, 3.63) is 30.0 Å². The van der Waals surface area contributed by atoms with E-state index in [-0.39, 0.29) is 0 Å². The third-order valence-electron chi connectivity index (χ3n) is 3.28. The number of aromatic nitrogens is 1. The number of nitrogens with one attached hydrogen (secondary N) is 1. The van der Waals surface area contributed by atoms with Gasteiger partial charge < -0.3 is 9.72 Å². The van der Waals surface area contributed by atoms with Crippen LogP contribution in [0.5, 0.6) is 5.75 Å². The first-order valence-electron chi connectivity index (χ1n) is 6.26. The predicted octanol–water partition coefficient (Wildman–Crippen LogP) is 4.33. The molecule has 1 aromatic carbocycles. The van der Waals surface area contributed by atoms with E-state index in [2.05, 4.69) is 44.1 Å². The average molecular weight is 231 g/mol. The minimum absolute atomic E-state index is 0.579. The lowest BCUT2D eigenvalue weighted by Gasteiger charge is -2.13. The molecule has 17 heavy (non-hydrogen) atoms. The van der Waals surface area contributed by atoms with Crippen molar-refractivity contribution >= 4 is 10.9 Å². The average Bonchev–Trinajstić information content (AvgIpc) is 2.70. The molecule has 2 nitrogen and oxygen atoms in total. The standard InChI is InChI=1S/C15H21NO/c1-10(2)7-11(3)14-9-16-15-6-5-12(17-4)8-13(14)15/h5-6,8-11,16H,7H2,1-4H3. The fraction of sp³-hybridized carbons (Fsp3) is 0.467. The van der Waals surface area contributed by atoms with E-state index in [1.165, 1.54) is 22.9 Å². The third kappa shape index (κ3) is 2.46. The normalized spacial score (nSPS) is 13.2. The Morgan fingerprint density at radius 1 is 1.24 bits per heavy atom. The van der Waals surface area contributed by atoms with Crippen molar-refractivity contribution in [1.29, 1.82) is 0 Å². The van der Waals surface area contributed by atoms with Crippen LogP contribution in [0.25, 0.3) is 10.9 Å². The molecule has 1 atom stereocenters. The molecule has 0 aliphatic heterocycles. The van der Waals surface area contributed by atoms with Crippen molar-refractivity contribution in [2.45, 2.75) is 33.1 Å². The van der Waals surface area contributed by atoms with Gasteiger partial charge in [-0.15, -0.1) is 0 Å². The summed E-state index contributed by atoms with van der Waals surface area (Å²) in [6, 6.07) is 6.20. The van der Waals surface area contributed by atoms with Crippen LogP contribution in [-0.2, 0) is 0 Å². The Morgan fingerprint density at radius 3 is 2.65 bits per heavy atom. The summed E-state index contributed by atoms with van der Waals surface area (Å²) in [6.07, 6.45) is 3.35. The quantitative estimate of drug-likeness (QED) is 0.832. The Balaban J connectivity index is 2.39. The van der Waals surface area contributed by atoms with E-state index in [0.29, 0.717) is 5.92 Å². The Hall–Kier alpha value is -1.44. The fourth-order valence-electron chi connectivity index (χ4n) is 2.49. The smallest absolute Gasteiger partial charge is 0.119 e. The lowest BCUT2D eigenvalue weighted by molar-refractivity contribution is 0.415. The summed E-state index contributed by atoms with van der Waals surface area (Å²) in [4.78, 5) is 3.34. The summed E-state index contributed by atoms with van der Waals surface area (Å²) < 4.78 is 5.29. The van der Waals surface area contributed by atoms with Gasteiger partial charge >= 0.3 is 0 Å². The maximum absolute atomic E-state index is 5.29. The van der Waals surface area contributed by atoms with Gasteiger partial charge in [-0.05, 0) is 42.0 Å². The summed E-state index contributed by atoms with van der Waals surface area (Å²) in [7, 11) is 1.71. The van der Waals surface area contributed by atoms with Crippen molar-refractivity contribution in [1.82, 2.24) is 4.98 Å². The number of methoxy groups -OCH3 is 1. The van der Waals surface area contributed by atoms with Gasteiger partial charge in [-0.3, -0.25) is 0 Å². The zero-order valence-corrected chi connectivity index (χ0v) is 11.1. The zero-order chi connectivity index (χ0) is 12.4. The van der Waals surface area contributed by atoms with Crippen molar-refractivity contribution in [3.8, 4) is 5.75 Å². The molecular weight excluding hydrogens is 210 g/mol. The molecule has 0 saturated carbocycles. The van der Waals surface area contributed by atoms with Crippen LogP contribution in [-0.4, -0.2) is 12.1 Å². The van der Waals surface area contributed by atoms with Crippen molar-refractivity contribution < 1.29 is 4.74 Å². The second kappa shape index (κ2) is 4.82. The molecule has 0 fully saturated rings. The zero-order valence-electron chi connectivity index (χ0n) is 11.1. The number of benzene rings is 1. The molecular formula is C15H21NO. The first kappa shape index (κ1) is 12.0. The largest absolute Gasteiger partial charge is 0.497 e. The molecule has 1 aromatic heterocycles. The van der Waals surface area contributed by atoms with Crippen LogP contribution in [0.15, 0.2) is 24.4 Å². The highest BCUT2D eigenvalue weighted by Gasteiger charge is 2.13. The number of fused-ring (bicyclic) bond motifs is 1. The fourth-order valence-corrected chi connectivity index (χ4v) is 2.49. The van der Waals surface area contributed by atoms with Crippen molar-refractivity contribution in [2.75, 3.05) is 7.11 Å². The number of rotatable bonds is 4. The number of H-pyrrole nitrogens is 1. The number of hydrogen-bond donors (Lipinski definition) is 1. The van der Waals surface area contributed by atoms with E-state index in [4.69, 9.17) is 4.74 Å². The summed E-state index contributed by atoms with van der Waals surface area (Å²) in [5.74, 6) is 2.23. The molecule has 2 aromatic rings. The second-order valence-electron chi connectivity index (χ2n) is 5.19. The summed E-state index contributed by atoms with van der Waals surface area (Å²) in [5, 5.41) is 1.29. The second-order valence-corrected chi connectivity index (χ2v) is 5.19. The van der Waals surface area contributed by atoms with Crippen LogP contribution in [0.3, 0.4) is 0 Å². The van der Waals surface area contributed by atoms with E-state index in [0.717, 1.165) is 11.7 Å². The van der Waals surface area contributed by atoms with Crippen LogP contribution >= 0.6 is 0 Å². The molecule has 0 radical (unpaired) electrons. The van der Waals surface area contributed by atoms with E-state index in [1.54, 1.807) is 7.11 Å². The van der Waals surface area contributed by atoms with Gasteiger partial charge in [0.25, 0.3) is 0 Å². The Labute approximate surface area is 103 Å². The maximum atomic E-state index is 5.29. The lowest BCUT2D eigenvalue weighted by atomic mass is 9.92. The van der Waals surface area contributed by atoms with Crippen LogP contribution < -0.4 is 4.74 Å². The molecule has 1 N–H and O–H groups in total. The van der Waals surface area contributed by atoms with Gasteiger partial charge in [-0.25, -0.2) is 0 Å². The first-order valence-corrected chi connectivity index (χ1v) is 6.26. The van der Waals surface area contributed by atoms with Gasteiger partial charge in [0, 0.05) is 17.1 Å². The van der Waals surface area contributed by atoms with Gasteiger partial charge in [-0.2, -0.15) is 0 Å². The summed E-state index contributed by atoms with van der Waals surface area (Å²) >= 11 is 0. The number of ether oxygens (including phenoxy) is 1. The van der Waals surface area contributed by atoms with Crippen molar-refractivity contribution in [3.63, 3.8) is 0 Å². The summed E-state index contributed by atoms with van der Waals surface area (Å²) in [5.41, 5.74) is 2.59. The molecule has 92 valence electrons. The minimum atomic E-state index is 0.579. The molecule has 0 amide bonds. The minimum Gasteiger partial charge on any atom is -0.497 e. The predicted molar refractivity (Wildman–Crippen MR) is 72.7 cm³/mol. The highest BCUT2D eigenvalue weighted by Crippen LogP contribution is 2.31. The van der Waals surface area contributed by atoms with Gasteiger partial charge in [0.2, 0.25) is 0 Å². The molecule has 1 heterocycles. The lowest BCUT2D eigenvalue weighted by Crippen LogP contribution is -1.97. The highest BCUT2D eigenvalue weighted by molar-refractivity contribution is 5.85. The van der Waals surface area contributed by atoms with Crippen LogP contribution in [0, 0.1) is 5.92 Å². The van der Waals surface area contributed by atoms with Crippen molar-refractivity contribution in [2.24, 2.45) is 5.92 Å². The molecule has 0 bridgehead atoms. The Morgan fingerprint density at radius 2 is 2.00 bits per heavy atom. The van der Waals surface area contributed by atoms with Crippen LogP contribution in [0.2, 0.25) is 0 Å². The van der Waals surface area contributed by atoms with Crippen LogP contribution in [0.4, 0.5) is 0 Å². The van der Waals surface area contributed by atoms with Gasteiger partial charge in [-0.1, -0.05) is 20.8 Å². The molecule has 0 aliphatic carbocycles. The number of aromatic amines is 1. The van der Waals surface area contributed by atoms with E-state index in [9.17, 15) is 0 Å². The molecule has 0 saturated heterocycles. The van der Waals surface area contributed by atoms with E-state index < -0.39 is 0 Å². The third-order valence-corrected chi connectivity index (χ3v) is 3.28. The molecule has 1 unspecified atom stereocenters. The SMILES string of the molecule is COc1ccc2[nH]cc(C(C)CC(C)C)c2c1. The monoisotopic (exact) mass is 231 g/mol. The van der Waals surface area contributed by atoms with Gasteiger partial charge in [0.15, 0.2) is 0 Å². The van der Waals surface area contributed by atoms with E-state index in [1.807, 2.05) is 6.07 Å². The maximum Gasteiger partial charge on any atom is 0.119 e. The first-order chi connectivity index (χ1) is 8.11. The molecule has 0 aliphatic rings. The molecule has 2 rings (SSSR count). The van der Waals surface area contributed by atoms with E-state index >= 15 is 0 Å². The van der Waals surface area contributed by atoms with Gasteiger partial charge in [0.05, 0.1) is 7.11 Å². The molecule has 2 heteroatoms. The number of hydrogen-bond acceptors (Lipinski definition) is 1.